The smallest absolute Gasteiger partial charge is 0.0667 e. The van der Waals surface area contributed by atoms with E-state index < -0.39 is 188 Å². The van der Waals surface area contributed by atoms with E-state index in [2.05, 4.69) is 0 Å². The van der Waals surface area contributed by atoms with Crippen molar-refractivity contribution in [1.82, 2.24) is 13.7 Å². The van der Waals surface area contributed by atoms with Gasteiger partial charge in [-0.1, -0.05) is 127 Å². The van der Waals surface area contributed by atoms with Crippen molar-refractivity contribution in [3.05, 3.63) is 188 Å². The molecule has 0 saturated heterocycles. The number of hydrogen-bond acceptors (Lipinski definition) is 0. The molecule has 3 aromatic heterocycles. The first-order valence-corrected chi connectivity index (χ1v) is 15.7. The van der Waals surface area contributed by atoms with E-state index >= 15 is 0 Å². The summed E-state index contributed by atoms with van der Waals surface area (Å²) < 4.78 is 204. The molecule has 0 atom stereocenters. The van der Waals surface area contributed by atoms with Gasteiger partial charge in [0.1, 0.15) is 0 Å². The molecule has 0 N–H and O–H groups in total. The largest absolute Gasteiger partial charge is 0.309 e. The predicted octanol–water partition coefficient (Wildman–Crippen LogP) is 12.6. The first kappa shape index (κ1) is 14.2. The highest BCUT2D eigenvalue weighted by Gasteiger charge is 2.20. The average Bonchev–Trinajstić information content (AvgIpc) is 4.05. The van der Waals surface area contributed by atoms with E-state index in [0.717, 1.165) is 20.3 Å². The van der Waals surface area contributed by atoms with Crippen LogP contribution in [-0.4, -0.2) is 13.7 Å². The summed E-state index contributed by atoms with van der Waals surface area (Å²) in [6, 6.07) is -0.999. The van der Waals surface area contributed by atoms with Crippen LogP contribution in [0, 0.1) is 0 Å². The Morgan fingerprint density at radius 2 is 0.824 bits per heavy atom. The maximum Gasteiger partial charge on any atom is 0.0667 e. The van der Waals surface area contributed by atoms with Gasteiger partial charge in [-0.15, -0.1) is 0 Å². The molecule has 0 unspecified atom stereocenters. The molecular weight excluding hydrogens is 619 g/mol. The van der Waals surface area contributed by atoms with Crippen LogP contribution in [0.4, 0.5) is 0 Å². The van der Waals surface area contributed by atoms with Gasteiger partial charge < -0.3 is 13.7 Å². The number of rotatable bonds is 4. The van der Waals surface area contributed by atoms with Crippen LogP contribution >= 0.6 is 0 Å². The van der Waals surface area contributed by atoms with E-state index in [1.807, 2.05) is 30.3 Å². The lowest BCUT2D eigenvalue weighted by Crippen LogP contribution is -1.98. The number of para-hydroxylation sites is 4. The molecule has 3 nitrogen and oxygen atoms in total. The topological polar surface area (TPSA) is 14.8 Å². The summed E-state index contributed by atoms with van der Waals surface area (Å²) in [7, 11) is 0. The number of hydrogen-bond donors (Lipinski definition) is 0. The quantitative estimate of drug-likeness (QED) is 0.177. The monoisotopic (exact) mass is 671 g/mol. The molecular formula is C48H31N3. The van der Waals surface area contributed by atoms with Gasteiger partial charge in [-0.2, -0.15) is 0 Å². The first-order chi connectivity index (χ1) is 34.5. The van der Waals surface area contributed by atoms with Crippen molar-refractivity contribution in [2.24, 2.45) is 0 Å². The Hall–Kier alpha value is -6.84. The minimum Gasteiger partial charge on any atom is -0.309 e. The van der Waals surface area contributed by atoms with Crippen molar-refractivity contribution in [3.8, 4) is 28.2 Å². The molecule has 0 aliphatic rings. The Morgan fingerprint density at radius 3 is 1.47 bits per heavy atom. The van der Waals surface area contributed by atoms with E-state index in [0.29, 0.717) is 0 Å². The SMILES string of the molecule is [2H]c1c([2H])c([2H])c2c(c1[2H])c1c([2H])c([2H])c(-n3c4c([2H])c([2H])c([2H])c([2H])c4c4c(-n5c6c([2H])c([2H])c([2H])c([2H])c6c6c([2H])c([2H])c([2H])c([2H])c65)c([2H])c([2H])c([2H])c43)c([2H])c1n2-c1ccc(-c2ccccc2)cc1. The second-order valence-electron chi connectivity index (χ2n) is 11.7. The molecule has 0 bridgehead atoms. The van der Waals surface area contributed by atoms with E-state index in [1.165, 1.54) is 4.57 Å². The lowest BCUT2D eigenvalue weighted by molar-refractivity contribution is 1.15. The number of fused-ring (bicyclic) bond motifs is 9. The summed E-state index contributed by atoms with van der Waals surface area (Å²) in [6.07, 6.45) is 0. The molecule has 0 spiro atoms. The lowest BCUT2D eigenvalue weighted by atomic mass is 10.1. The number of nitrogens with zero attached hydrogens (tertiary/aromatic N) is 3. The third kappa shape index (κ3) is 4.06. The van der Waals surface area contributed by atoms with Crippen molar-refractivity contribution in [3.63, 3.8) is 0 Å². The van der Waals surface area contributed by atoms with Crippen LogP contribution in [-0.2, 0) is 0 Å². The summed E-state index contributed by atoms with van der Waals surface area (Å²) in [5, 5.41) is -2.31. The van der Waals surface area contributed by atoms with Crippen LogP contribution < -0.4 is 0 Å². The molecule has 0 aliphatic heterocycles. The van der Waals surface area contributed by atoms with E-state index in [1.54, 1.807) is 24.3 Å². The minimum atomic E-state index is -0.931. The molecule has 51 heavy (non-hydrogen) atoms. The van der Waals surface area contributed by atoms with Crippen LogP contribution in [0.2, 0.25) is 0 Å². The maximum absolute atomic E-state index is 10.2. The molecule has 3 heteroatoms. The molecule has 0 amide bonds. The molecule has 0 fully saturated rings. The summed E-state index contributed by atoms with van der Waals surface area (Å²) >= 11 is 0. The van der Waals surface area contributed by atoms with Crippen molar-refractivity contribution in [1.29, 1.82) is 0 Å². The van der Waals surface area contributed by atoms with Crippen LogP contribution in [0.25, 0.3) is 93.6 Å². The molecule has 11 aromatic rings. The van der Waals surface area contributed by atoms with Crippen LogP contribution in [0.5, 0.6) is 0 Å². The Morgan fingerprint density at radius 1 is 0.333 bits per heavy atom. The fourth-order valence-electron chi connectivity index (χ4n) is 6.90. The van der Waals surface area contributed by atoms with Gasteiger partial charge in [0, 0.05) is 43.7 Å². The van der Waals surface area contributed by atoms with Crippen LogP contribution in [0.3, 0.4) is 0 Å². The maximum atomic E-state index is 10.2. The summed E-state index contributed by atoms with van der Waals surface area (Å²) in [5.74, 6) is 0. The lowest BCUT2D eigenvalue weighted by Gasteiger charge is -2.13. The zero-order valence-electron chi connectivity index (χ0n) is 48.0. The van der Waals surface area contributed by atoms with E-state index in [-0.39, 0.29) is 27.5 Å². The van der Waals surface area contributed by atoms with Gasteiger partial charge in [-0.3, -0.25) is 0 Å². The Kier molecular flexibility index (Phi) is 3.01. The highest BCUT2D eigenvalue weighted by Crippen LogP contribution is 2.41. The van der Waals surface area contributed by atoms with Crippen LogP contribution in [0.1, 0.15) is 30.2 Å². The second-order valence-corrected chi connectivity index (χ2v) is 11.7. The molecule has 0 saturated carbocycles. The first-order valence-electron chi connectivity index (χ1n) is 26.7. The predicted molar refractivity (Wildman–Crippen MR) is 215 cm³/mol. The highest BCUT2D eigenvalue weighted by atomic mass is 15.0. The van der Waals surface area contributed by atoms with Gasteiger partial charge in [-0.05, 0) is 71.6 Å². The third-order valence-electron chi connectivity index (χ3n) is 9.06. The van der Waals surface area contributed by atoms with Gasteiger partial charge in [0.15, 0.2) is 0 Å². The molecule has 238 valence electrons. The van der Waals surface area contributed by atoms with Crippen molar-refractivity contribution in [2.45, 2.75) is 0 Å². The number of aromatic nitrogens is 3. The van der Waals surface area contributed by atoms with Crippen molar-refractivity contribution < 1.29 is 30.2 Å². The third-order valence-corrected chi connectivity index (χ3v) is 9.06. The summed E-state index contributed by atoms with van der Waals surface area (Å²) in [5.41, 5.74) is -2.02. The average molecular weight is 672 g/mol. The number of benzene rings is 8. The van der Waals surface area contributed by atoms with Crippen LogP contribution in [0.15, 0.2) is 188 Å². The Bertz CT molecular complexity index is 4310. The zero-order valence-corrected chi connectivity index (χ0v) is 26.0. The van der Waals surface area contributed by atoms with Gasteiger partial charge in [-0.25, -0.2) is 0 Å². The van der Waals surface area contributed by atoms with Gasteiger partial charge in [0.25, 0.3) is 0 Å². The summed E-state index contributed by atoms with van der Waals surface area (Å²) in [4.78, 5) is 0. The van der Waals surface area contributed by atoms with E-state index in [9.17, 15) is 15.1 Å². The summed E-state index contributed by atoms with van der Waals surface area (Å²) in [6.45, 7) is 0. The Balaban J connectivity index is 1.40. The molecule has 8 aromatic carbocycles. The molecule has 3 heterocycles. The fourth-order valence-corrected chi connectivity index (χ4v) is 6.90. The molecule has 11 rings (SSSR count). The normalized spacial score (nSPS) is 18.0. The standard InChI is InChI=1S/C48H31N3/c1-2-13-32(14-3-1)33-25-27-34(28-26-33)49-41-19-8-4-17-38(41)39-30-29-35(31-47(39)49)50-44-22-11-7-18-40(44)48-45(50)23-12-24-46(48)51-42-20-9-5-15-36(42)37-16-6-10-21-43(37)51/h1-31H/i4D,5D,6D,7D,8D,9D,10D,11D,12D,15D,16D,17D,18D,19D,20D,21D,22D,23D,24D,29D,30D,31D. The van der Waals surface area contributed by atoms with Gasteiger partial charge in [0.05, 0.1) is 68.9 Å². The molecule has 0 aliphatic carbocycles. The Labute approximate surface area is 325 Å². The van der Waals surface area contributed by atoms with Gasteiger partial charge >= 0.3 is 0 Å². The zero-order chi connectivity index (χ0) is 52.6. The highest BCUT2D eigenvalue weighted by molar-refractivity contribution is 6.17. The van der Waals surface area contributed by atoms with E-state index in [4.69, 9.17) is 15.1 Å². The fraction of sp³-hybridized carbons (Fsp3) is 0. The van der Waals surface area contributed by atoms with Gasteiger partial charge in [0.2, 0.25) is 0 Å². The molecule has 0 radical (unpaired) electrons. The minimum absolute atomic E-state index is 0.174. The van der Waals surface area contributed by atoms with Crippen molar-refractivity contribution >= 4 is 65.4 Å². The van der Waals surface area contributed by atoms with Crippen molar-refractivity contribution in [2.75, 3.05) is 0 Å². The second kappa shape index (κ2) is 10.8.